The van der Waals surface area contributed by atoms with Gasteiger partial charge in [0.15, 0.2) is 0 Å². The van der Waals surface area contributed by atoms with Crippen LogP contribution in [-0.4, -0.2) is 30.2 Å². The number of rotatable bonds is 14. The number of nitrogens with two attached hydrogens (primary N) is 1. The average molecular weight is 425 g/mol. The minimum absolute atomic E-state index is 0.0384. The zero-order valence-corrected chi connectivity index (χ0v) is 21.7. The zero-order chi connectivity index (χ0) is 23.3. The Bertz CT molecular complexity index is 553. The molecular weight excluding hydrogens is 372 g/mol. The summed E-state index contributed by atoms with van der Waals surface area (Å²) in [5.41, 5.74) is 5.25. The number of carbonyl (C=O) groups is 1. The minimum Gasteiger partial charge on any atom is -0.459 e. The summed E-state index contributed by atoms with van der Waals surface area (Å²) in [5.74, 6) is 0.0384. The van der Waals surface area contributed by atoms with Crippen LogP contribution in [0.2, 0.25) is 0 Å². The third-order valence-corrected chi connectivity index (χ3v) is 8.99. The van der Waals surface area contributed by atoms with E-state index in [1.54, 1.807) is 0 Å². The summed E-state index contributed by atoms with van der Waals surface area (Å²) in [4.78, 5) is 13.7. The first-order chi connectivity index (χ1) is 13.8. The Hall–Kier alpha value is -0.610. The maximum Gasteiger partial charge on any atom is 0.313 e. The van der Waals surface area contributed by atoms with Gasteiger partial charge in [0.25, 0.3) is 0 Å². The molecule has 1 fully saturated rings. The molecular formula is C26H52N2O2. The van der Waals surface area contributed by atoms with Gasteiger partial charge in [0.1, 0.15) is 5.60 Å². The molecule has 0 amide bonds. The van der Waals surface area contributed by atoms with Crippen LogP contribution < -0.4 is 11.1 Å². The molecule has 3 unspecified atom stereocenters. The molecule has 0 saturated heterocycles. The molecule has 0 aromatic heterocycles. The highest BCUT2D eigenvalue weighted by Crippen LogP contribution is 2.64. The van der Waals surface area contributed by atoms with Crippen LogP contribution in [0.3, 0.4) is 0 Å². The van der Waals surface area contributed by atoms with Gasteiger partial charge in [-0.3, -0.25) is 4.79 Å². The van der Waals surface area contributed by atoms with Crippen molar-refractivity contribution in [3.8, 4) is 0 Å². The van der Waals surface area contributed by atoms with Gasteiger partial charge < -0.3 is 15.8 Å². The van der Waals surface area contributed by atoms with Crippen LogP contribution >= 0.6 is 0 Å². The van der Waals surface area contributed by atoms with Gasteiger partial charge in [0.2, 0.25) is 0 Å². The first-order valence-corrected chi connectivity index (χ1v) is 12.5. The molecule has 1 aliphatic rings. The Morgan fingerprint density at radius 3 is 2.00 bits per heavy atom. The molecule has 3 N–H and O–H groups in total. The van der Waals surface area contributed by atoms with Gasteiger partial charge in [0.05, 0.1) is 5.41 Å². The van der Waals surface area contributed by atoms with Crippen molar-refractivity contribution in [2.45, 2.75) is 131 Å². The molecule has 4 nitrogen and oxygen atoms in total. The molecule has 178 valence electrons. The number of ether oxygens (including phenoxy) is 1. The fourth-order valence-corrected chi connectivity index (χ4v) is 5.09. The number of carbonyl (C=O) groups excluding carboxylic acids is 1. The predicted molar refractivity (Wildman–Crippen MR) is 129 cm³/mol. The van der Waals surface area contributed by atoms with E-state index >= 15 is 0 Å². The molecule has 1 saturated carbocycles. The highest BCUT2D eigenvalue weighted by atomic mass is 16.6. The van der Waals surface area contributed by atoms with Gasteiger partial charge in [-0.1, -0.05) is 54.4 Å². The lowest BCUT2D eigenvalue weighted by Gasteiger charge is -2.59. The van der Waals surface area contributed by atoms with Crippen molar-refractivity contribution in [2.24, 2.45) is 22.0 Å². The maximum absolute atomic E-state index is 13.7. The topological polar surface area (TPSA) is 64.3 Å². The molecule has 30 heavy (non-hydrogen) atoms. The van der Waals surface area contributed by atoms with E-state index in [4.69, 9.17) is 10.5 Å². The summed E-state index contributed by atoms with van der Waals surface area (Å²) < 4.78 is 6.28. The van der Waals surface area contributed by atoms with Crippen molar-refractivity contribution >= 4 is 5.97 Å². The molecule has 4 heteroatoms. The summed E-state index contributed by atoms with van der Waals surface area (Å²) in [6.45, 7) is 21.4. The van der Waals surface area contributed by atoms with E-state index in [1.807, 2.05) is 0 Å². The summed E-state index contributed by atoms with van der Waals surface area (Å²) in [7, 11) is 0. The van der Waals surface area contributed by atoms with Crippen molar-refractivity contribution in [1.29, 1.82) is 0 Å². The van der Waals surface area contributed by atoms with Crippen LogP contribution in [0.15, 0.2) is 0 Å². The third-order valence-electron chi connectivity index (χ3n) is 8.99. The molecule has 0 aromatic rings. The molecule has 3 atom stereocenters. The second-order valence-electron chi connectivity index (χ2n) is 11.5. The molecule has 0 bridgehead atoms. The third kappa shape index (κ3) is 6.00. The normalized spacial score (nSPS) is 26.7. The van der Waals surface area contributed by atoms with Gasteiger partial charge in [0, 0.05) is 5.54 Å². The molecule has 0 heterocycles. The SMILES string of the molecule is CCC(C)(CC)CC1(C(=O)OC(C)(C)CCNC(C)(CC)CCN)CCC1(C)CC. The Morgan fingerprint density at radius 2 is 1.60 bits per heavy atom. The van der Waals surface area contributed by atoms with Crippen LogP contribution in [0.25, 0.3) is 0 Å². The van der Waals surface area contributed by atoms with Crippen molar-refractivity contribution in [2.75, 3.05) is 13.1 Å². The summed E-state index contributed by atoms with van der Waals surface area (Å²) in [6, 6.07) is 0. The van der Waals surface area contributed by atoms with Gasteiger partial charge in [-0.15, -0.1) is 0 Å². The monoisotopic (exact) mass is 424 g/mol. The Labute approximate surface area is 187 Å². The molecule has 1 rings (SSSR count). The molecule has 0 aromatic carbocycles. The standard InChI is InChI=1S/C26H52N2O2/c1-10-23(7,11-2)20-26(15-14-24(26,8)12-3)21(29)30-22(5,6)17-19-28-25(9,13-4)16-18-27/h28H,10-20,27H2,1-9H3. The zero-order valence-electron chi connectivity index (χ0n) is 21.7. The first-order valence-electron chi connectivity index (χ1n) is 12.5. The van der Waals surface area contributed by atoms with Crippen LogP contribution in [0.4, 0.5) is 0 Å². The minimum atomic E-state index is -0.479. The van der Waals surface area contributed by atoms with E-state index in [0.29, 0.717) is 6.54 Å². The molecule has 0 radical (unpaired) electrons. The smallest absolute Gasteiger partial charge is 0.313 e. The lowest BCUT2D eigenvalue weighted by atomic mass is 9.45. The van der Waals surface area contributed by atoms with Crippen molar-refractivity contribution < 1.29 is 9.53 Å². The number of hydrogen-bond donors (Lipinski definition) is 2. The van der Waals surface area contributed by atoms with E-state index in [-0.39, 0.29) is 27.8 Å². The Balaban J connectivity index is 2.91. The Kier molecular flexibility index (Phi) is 9.45. The van der Waals surface area contributed by atoms with Crippen LogP contribution in [-0.2, 0) is 9.53 Å². The first kappa shape index (κ1) is 27.4. The van der Waals surface area contributed by atoms with Crippen LogP contribution in [0, 0.1) is 16.2 Å². The number of hydrogen-bond acceptors (Lipinski definition) is 4. The van der Waals surface area contributed by atoms with E-state index < -0.39 is 5.60 Å². The van der Waals surface area contributed by atoms with E-state index in [9.17, 15) is 4.79 Å². The lowest BCUT2D eigenvalue weighted by Crippen LogP contribution is -2.58. The largest absolute Gasteiger partial charge is 0.459 e. The van der Waals surface area contributed by atoms with Crippen molar-refractivity contribution in [1.82, 2.24) is 5.32 Å². The van der Waals surface area contributed by atoms with Crippen LogP contribution in [0.5, 0.6) is 0 Å². The summed E-state index contributed by atoms with van der Waals surface area (Å²) in [6.07, 6.45) is 9.05. The summed E-state index contributed by atoms with van der Waals surface area (Å²) >= 11 is 0. The predicted octanol–water partition coefficient (Wildman–Crippen LogP) is 6.22. The lowest BCUT2D eigenvalue weighted by molar-refractivity contribution is -0.200. The fourth-order valence-electron chi connectivity index (χ4n) is 5.09. The second-order valence-corrected chi connectivity index (χ2v) is 11.5. The van der Waals surface area contributed by atoms with E-state index in [1.165, 1.54) is 0 Å². The molecule has 0 aliphatic heterocycles. The van der Waals surface area contributed by atoms with E-state index in [2.05, 4.69) is 67.6 Å². The number of nitrogens with one attached hydrogen (secondary N) is 1. The molecule has 0 spiro atoms. The van der Waals surface area contributed by atoms with Crippen molar-refractivity contribution in [3.05, 3.63) is 0 Å². The maximum atomic E-state index is 13.7. The Morgan fingerprint density at radius 1 is 1.00 bits per heavy atom. The second kappa shape index (κ2) is 10.3. The van der Waals surface area contributed by atoms with Crippen molar-refractivity contribution in [3.63, 3.8) is 0 Å². The average Bonchev–Trinajstić information content (AvgIpc) is 2.69. The fraction of sp³-hybridized carbons (Fsp3) is 0.962. The number of esters is 1. The van der Waals surface area contributed by atoms with Gasteiger partial charge in [-0.2, -0.15) is 0 Å². The van der Waals surface area contributed by atoms with Gasteiger partial charge in [-0.25, -0.2) is 0 Å². The highest BCUT2D eigenvalue weighted by molar-refractivity contribution is 5.80. The molecule has 1 aliphatic carbocycles. The van der Waals surface area contributed by atoms with Gasteiger partial charge in [-0.05, 0) is 89.6 Å². The quantitative estimate of drug-likeness (QED) is 0.325. The van der Waals surface area contributed by atoms with Gasteiger partial charge >= 0.3 is 5.97 Å². The summed E-state index contributed by atoms with van der Waals surface area (Å²) in [5, 5.41) is 3.66. The highest BCUT2D eigenvalue weighted by Gasteiger charge is 2.62. The van der Waals surface area contributed by atoms with E-state index in [0.717, 1.165) is 64.3 Å². The van der Waals surface area contributed by atoms with Crippen LogP contribution in [0.1, 0.15) is 120 Å².